The number of carbonyl (C=O) groups excluding carboxylic acids is 1. The molecule has 1 heterocycles. The zero-order valence-electron chi connectivity index (χ0n) is 13.1. The van der Waals surface area contributed by atoms with Crippen molar-refractivity contribution in [1.82, 2.24) is 10.2 Å². The van der Waals surface area contributed by atoms with Gasteiger partial charge < -0.3 is 10.2 Å². The first-order valence-corrected chi connectivity index (χ1v) is 7.43. The molecular weight excluding hydrogens is 248 g/mol. The molecule has 0 unspecified atom stereocenters. The summed E-state index contributed by atoms with van der Waals surface area (Å²) < 4.78 is 0. The summed E-state index contributed by atoms with van der Waals surface area (Å²) in [6.45, 7) is 7.96. The Morgan fingerprint density at radius 1 is 1.20 bits per heavy atom. The fourth-order valence-corrected chi connectivity index (χ4v) is 2.83. The molecule has 0 bridgehead atoms. The molecule has 0 aliphatic carbocycles. The van der Waals surface area contributed by atoms with Crippen molar-refractivity contribution in [2.45, 2.75) is 44.6 Å². The number of piperidine rings is 1. The summed E-state index contributed by atoms with van der Waals surface area (Å²) in [5.41, 5.74) is 0.814. The van der Waals surface area contributed by atoms with Crippen LogP contribution in [0.15, 0.2) is 30.3 Å². The Labute approximate surface area is 122 Å². The number of nitrogens with zero attached hydrogens (tertiary/aromatic N) is 1. The van der Waals surface area contributed by atoms with E-state index >= 15 is 0 Å². The highest BCUT2D eigenvalue weighted by atomic mass is 16.2. The first-order valence-electron chi connectivity index (χ1n) is 7.43. The van der Waals surface area contributed by atoms with Gasteiger partial charge in [-0.1, -0.05) is 30.3 Å². The van der Waals surface area contributed by atoms with Crippen LogP contribution in [0.4, 0.5) is 0 Å². The predicted octanol–water partition coefficient (Wildman–Crippen LogP) is 2.56. The third kappa shape index (κ3) is 2.88. The van der Waals surface area contributed by atoms with E-state index in [2.05, 4.69) is 12.2 Å². The number of carbonyl (C=O) groups is 1. The van der Waals surface area contributed by atoms with Gasteiger partial charge in [-0.15, -0.1) is 0 Å². The Balaban J connectivity index is 2.09. The van der Waals surface area contributed by atoms with Gasteiger partial charge in [0, 0.05) is 18.6 Å². The number of nitrogens with one attached hydrogen (secondary N) is 1. The number of amides is 1. The second kappa shape index (κ2) is 5.57. The van der Waals surface area contributed by atoms with Crippen LogP contribution in [-0.2, 0) is 10.2 Å². The Morgan fingerprint density at radius 3 is 2.25 bits per heavy atom. The fourth-order valence-electron chi connectivity index (χ4n) is 2.83. The molecule has 1 fully saturated rings. The third-order valence-electron chi connectivity index (χ3n) is 4.79. The second-order valence-corrected chi connectivity index (χ2v) is 6.59. The molecule has 1 aromatic carbocycles. The minimum Gasteiger partial charge on any atom is -0.342 e. The van der Waals surface area contributed by atoms with Crippen molar-refractivity contribution in [2.75, 3.05) is 20.1 Å². The Morgan fingerprint density at radius 2 is 1.75 bits per heavy atom. The van der Waals surface area contributed by atoms with E-state index in [-0.39, 0.29) is 11.4 Å². The summed E-state index contributed by atoms with van der Waals surface area (Å²) in [5, 5.41) is 3.37. The first-order chi connectivity index (χ1) is 9.39. The molecule has 0 radical (unpaired) electrons. The molecule has 3 heteroatoms. The minimum absolute atomic E-state index is 0.174. The van der Waals surface area contributed by atoms with Gasteiger partial charge in [0.05, 0.1) is 5.41 Å². The van der Waals surface area contributed by atoms with E-state index in [4.69, 9.17) is 0 Å². The number of likely N-dealkylation sites (tertiary alicyclic amines) is 1. The van der Waals surface area contributed by atoms with Crippen molar-refractivity contribution in [3.63, 3.8) is 0 Å². The van der Waals surface area contributed by atoms with Crippen LogP contribution in [-0.4, -0.2) is 36.5 Å². The summed E-state index contributed by atoms with van der Waals surface area (Å²) >= 11 is 0. The van der Waals surface area contributed by atoms with Crippen LogP contribution in [0.25, 0.3) is 0 Å². The molecule has 1 N–H and O–H groups in total. The predicted molar refractivity (Wildman–Crippen MR) is 82.7 cm³/mol. The van der Waals surface area contributed by atoms with Gasteiger partial charge in [-0.25, -0.2) is 0 Å². The molecule has 1 aliphatic heterocycles. The zero-order valence-corrected chi connectivity index (χ0v) is 13.1. The summed E-state index contributed by atoms with van der Waals surface area (Å²) in [6.07, 6.45) is 2.03. The van der Waals surface area contributed by atoms with Gasteiger partial charge >= 0.3 is 0 Å². The smallest absolute Gasteiger partial charge is 0.232 e. The number of hydrogen-bond donors (Lipinski definition) is 1. The van der Waals surface area contributed by atoms with Crippen LogP contribution in [0.5, 0.6) is 0 Å². The number of hydrogen-bond acceptors (Lipinski definition) is 2. The molecule has 3 nitrogen and oxygen atoms in total. The van der Waals surface area contributed by atoms with Crippen LogP contribution >= 0.6 is 0 Å². The van der Waals surface area contributed by atoms with Crippen LogP contribution in [0.3, 0.4) is 0 Å². The molecule has 0 spiro atoms. The molecule has 0 atom stereocenters. The maximum absolute atomic E-state index is 12.8. The highest BCUT2D eigenvalue weighted by Gasteiger charge is 2.37. The standard InChI is InChI=1S/C17H26N2O/c1-16(2,14-8-6-5-7-9-14)15(20)19-12-10-17(3,18-4)11-13-19/h5-9,18H,10-13H2,1-4H3. The van der Waals surface area contributed by atoms with Gasteiger partial charge in [-0.3, -0.25) is 4.79 Å². The fraction of sp³-hybridized carbons (Fsp3) is 0.588. The van der Waals surface area contributed by atoms with Gasteiger partial charge in [-0.05, 0) is 46.2 Å². The van der Waals surface area contributed by atoms with E-state index in [0.717, 1.165) is 31.5 Å². The monoisotopic (exact) mass is 274 g/mol. The largest absolute Gasteiger partial charge is 0.342 e. The van der Waals surface area contributed by atoms with Crippen molar-refractivity contribution < 1.29 is 4.79 Å². The molecule has 1 aromatic rings. The maximum atomic E-state index is 12.8. The summed E-state index contributed by atoms with van der Waals surface area (Å²) in [5.74, 6) is 0.238. The normalized spacial score (nSPS) is 18.9. The maximum Gasteiger partial charge on any atom is 0.232 e. The van der Waals surface area contributed by atoms with Gasteiger partial charge in [-0.2, -0.15) is 0 Å². The second-order valence-electron chi connectivity index (χ2n) is 6.59. The van der Waals surface area contributed by atoms with Crippen LogP contribution in [0, 0.1) is 0 Å². The number of rotatable bonds is 3. The SMILES string of the molecule is CNC1(C)CCN(C(=O)C(C)(C)c2ccccc2)CC1. The summed E-state index contributed by atoms with van der Waals surface area (Å²) in [7, 11) is 2.01. The van der Waals surface area contributed by atoms with Gasteiger partial charge in [0.2, 0.25) is 5.91 Å². The topological polar surface area (TPSA) is 32.3 Å². The minimum atomic E-state index is -0.450. The lowest BCUT2D eigenvalue weighted by Gasteiger charge is -2.42. The van der Waals surface area contributed by atoms with E-state index in [1.165, 1.54) is 0 Å². The summed E-state index contributed by atoms with van der Waals surface area (Å²) in [4.78, 5) is 14.8. The van der Waals surface area contributed by atoms with Gasteiger partial charge in [0.15, 0.2) is 0 Å². The molecule has 2 rings (SSSR count). The number of benzene rings is 1. The van der Waals surface area contributed by atoms with E-state index in [1.807, 2.05) is 56.1 Å². The molecule has 20 heavy (non-hydrogen) atoms. The van der Waals surface area contributed by atoms with Crippen molar-refractivity contribution in [2.24, 2.45) is 0 Å². The van der Waals surface area contributed by atoms with E-state index in [1.54, 1.807) is 0 Å². The lowest BCUT2D eigenvalue weighted by molar-refractivity contribution is -0.138. The molecule has 1 amide bonds. The van der Waals surface area contributed by atoms with E-state index in [9.17, 15) is 4.79 Å². The van der Waals surface area contributed by atoms with E-state index in [0.29, 0.717) is 0 Å². The third-order valence-corrected chi connectivity index (χ3v) is 4.79. The van der Waals surface area contributed by atoms with Crippen LogP contribution in [0.1, 0.15) is 39.2 Å². The molecular formula is C17H26N2O. The molecule has 1 saturated heterocycles. The molecule has 1 aliphatic rings. The van der Waals surface area contributed by atoms with Crippen molar-refractivity contribution in [3.8, 4) is 0 Å². The first kappa shape index (κ1) is 15.0. The average molecular weight is 274 g/mol. The Bertz CT molecular complexity index is 459. The summed E-state index contributed by atoms with van der Waals surface area (Å²) in [6, 6.07) is 10.1. The van der Waals surface area contributed by atoms with Crippen molar-refractivity contribution in [1.29, 1.82) is 0 Å². The van der Waals surface area contributed by atoms with Gasteiger partial charge in [0.1, 0.15) is 0 Å². The van der Waals surface area contributed by atoms with E-state index < -0.39 is 5.41 Å². The zero-order chi connectivity index (χ0) is 14.8. The molecule has 0 aromatic heterocycles. The van der Waals surface area contributed by atoms with Crippen LogP contribution < -0.4 is 5.32 Å². The van der Waals surface area contributed by atoms with Crippen molar-refractivity contribution >= 4 is 5.91 Å². The molecule has 0 saturated carbocycles. The van der Waals surface area contributed by atoms with Crippen molar-refractivity contribution in [3.05, 3.63) is 35.9 Å². The Kier molecular flexibility index (Phi) is 4.19. The molecule has 110 valence electrons. The lowest BCUT2D eigenvalue weighted by Crippen LogP contribution is -2.54. The van der Waals surface area contributed by atoms with Crippen LogP contribution in [0.2, 0.25) is 0 Å². The highest BCUT2D eigenvalue weighted by molar-refractivity contribution is 5.87. The Hall–Kier alpha value is -1.35. The highest BCUT2D eigenvalue weighted by Crippen LogP contribution is 2.29. The van der Waals surface area contributed by atoms with Gasteiger partial charge in [0.25, 0.3) is 0 Å². The lowest BCUT2D eigenvalue weighted by atomic mass is 9.81. The quantitative estimate of drug-likeness (QED) is 0.919. The average Bonchev–Trinajstić information content (AvgIpc) is 2.48.